The van der Waals surface area contributed by atoms with E-state index in [4.69, 9.17) is 0 Å². The molecule has 1 aromatic carbocycles. The van der Waals surface area contributed by atoms with Crippen molar-refractivity contribution in [1.82, 2.24) is 4.98 Å². The summed E-state index contributed by atoms with van der Waals surface area (Å²) >= 11 is 0. The topological polar surface area (TPSA) is 49.9 Å². The predicted molar refractivity (Wildman–Crippen MR) is 90.1 cm³/mol. The third-order valence-corrected chi connectivity index (χ3v) is 3.71. The highest BCUT2D eigenvalue weighted by Gasteiger charge is 2.18. The van der Waals surface area contributed by atoms with Crippen LogP contribution in [0.2, 0.25) is 0 Å². The highest BCUT2D eigenvalue weighted by Crippen LogP contribution is 2.25. The molecule has 0 radical (unpaired) electrons. The van der Waals surface area contributed by atoms with Gasteiger partial charge in [-0.05, 0) is 30.4 Å². The van der Waals surface area contributed by atoms with Crippen molar-refractivity contribution in [2.75, 3.05) is 0 Å². The van der Waals surface area contributed by atoms with Crippen LogP contribution in [0.15, 0.2) is 24.3 Å². The van der Waals surface area contributed by atoms with Crippen LogP contribution in [0, 0.1) is 5.41 Å². The second-order valence-corrected chi connectivity index (χ2v) is 7.28. The number of aromatic amines is 1. The number of carbonyl (C=O) groups is 2. The number of hydrogen-bond donors (Lipinski definition) is 1. The Hall–Kier alpha value is -1.90. The number of nitrogens with one attached hydrogen (secondary N) is 1. The van der Waals surface area contributed by atoms with Crippen molar-refractivity contribution in [2.45, 2.75) is 53.4 Å². The minimum absolute atomic E-state index is 0.0275. The lowest BCUT2D eigenvalue weighted by Crippen LogP contribution is -2.13. The highest BCUT2D eigenvalue weighted by atomic mass is 16.1. The molecule has 2 rings (SSSR count). The van der Waals surface area contributed by atoms with Crippen molar-refractivity contribution >= 4 is 22.5 Å². The van der Waals surface area contributed by atoms with Crippen LogP contribution in [-0.4, -0.2) is 16.6 Å². The van der Waals surface area contributed by atoms with Crippen molar-refractivity contribution < 1.29 is 9.59 Å². The summed E-state index contributed by atoms with van der Waals surface area (Å²) in [6.45, 7) is 7.84. The van der Waals surface area contributed by atoms with Crippen LogP contribution < -0.4 is 0 Å². The lowest BCUT2D eigenvalue weighted by molar-refractivity contribution is -0.120. The fourth-order valence-corrected chi connectivity index (χ4v) is 2.86. The Balaban J connectivity index is 2.19. The Morgan fingerprint density at radius 3 is 2.45 bits per heavy atom. The molecule has 0 aliphatic heterocycles. The molecular weight excluding hydrogens is 274 g/mol. The van der Waals surface area contributed by atoms with Crippen LogP contribution in [0.3, 0.4) is 0 Å². The van der Waals surface area contributed by atoms with E-state index in [0.29, 0.717) is 25.7 Å². The summed E-state index contributed by atoms with van der Waals surface area (Å²) in [6, 6.07) is 8.00. The Morgan fingerprint density at radius 2 is 1.82 bits per heavy atom. The molecule has 0 bridgehead atoms. The minimum Gasteiger partial charge on any atom is -0.358 e. The fraction of sp³-hybridized carbons (Fsp3) is 0.474. The van der Waals surface area contributed by atoms with Crippen molar-refractivity contribution in [3.8, 4) is 0 Å². The number of aryl methyl sites for hydroxylation is 1. The van der Waals surface area contributed by atoms with Gasteiger partial charge in [0.2, 0.25) is 0 Å². The maximum absolute atomic E-state index is 12.1. The van der Waals surface area contributed by atoms with E-state index in [2.05, 4.69) is 25.8 Å². The van der Waals surface area contributed by atoms with Crippen LogP contribution in [0.5, 0.6) is 0 Å². The van der Waals surface area contributed by atoms with E-state index in [1.54, 1.807) is 6.92 Å². The summed E-state index contributed by atoms with van der Waals surface area (Å²) in [5, 5.41) is 1.09. The molecule has 0 fully saturated rings. The summed E-state index contributed by atoms with van der Waals surface area (Å²) in [6.07, 6.45) is 2.21. The molecule has 1 heterocycles. The summed E-state index contributed by atoms with van der Waals surface area (Å²) < 4.78 is 0. The van der Waals surface area contributed by atoms with Gasteiger partial charge in [-0.3, -0.25) is 9.59 Å². The molecule has 0 aliphatic carbocycles. The average molecular weight is 299 g/mol. The Morgan fingerprint density at radius 1 is 1.14 bits per heavy atom. The first-order chi connectivity index (χ1) is 10.3. The summed E-state index contributed by atoms with van der Waals surface area (Å²) in [5.41, 5.74) is 3.14. The molecule has 0 aliphatic rings. The van der Waals surface area contributed by atoms with Crippen LogP contribution in [0.25, 0.3) is 10.9 Å². The quantitative estimate of drug-likeness (QED) is 0.867. The van der Waals surface area contributed by atoms with Gasteiger partial charge in [0, 0.05) is 35.9 Å². The number of benzene rings is 1. The Labute approximate surface area is 132 Å². The van der Waals surface area contributed by atoms with Crippen LogP contribution in [-0.2, 0) is 22.4 Å². The molecule has 3 nitrogen and oxygen atoms in total. The van der Waals surface area contributed by atoms with Gasteiger partial charge in [0.25, 0.3) is 0 Å². The number of H-pyrrole nitrogens is 1. The largest absolute Gasteiger partial charge is 0.358 e. The van der Waals surface area contributed by atoms with Gasteiger partial charge in [-0.25, -0.2) is 0 Å². The molecule has 3 heteroatoms. The molecular formula is C19H25NO2. The third kappa shape index (κ3) is 4.30. The maximum Gasteiger partial charge on any atom is 0.134 e. The van der Waals surface area contributed by atoms with Gasteiger partial charge in [-0.15, -0.1) is 0 Å². The van der Waals surface area contributed by atoms with Crippen molar-refractivity contribution in [2.24, 2.45) is 5.41 Å². The zero-order valence-electron chi connectivity index (χ0n) is 14.0. The number of aromatic nitrogens is 1. The van der Waals surface area contributed by atoms with E-state index >= 15 is 0 Å². The molecule has 0 spiro atoms. The standard InChI is InChI=1S/C19H25NO2/c1-13(21)11-16-15-7-5-6-8-17(15)20-18(16)10-9-14(22)12-19(2,3)4/h5-8,20H,9-12H2,1-4H3. The lowest BCUT2D eigenvalue weighted by Gasteiger charge is -2.16. The zero-order chi connectivity index (χ0) is 16.3. The van der Waals surface area contributed by atoms with Crippen LogP contribution >= 0.6 is 0 Å². The second-order valence-electron chi connectivity index (χ2n) is 7.28. The number of ketones is 2. The predicted octanol–water partition coefficient (Wildman–Crippen LogP) is 4.24. The van der Waals surface area contributed by atoms with Gasteiger partial charge in [-0.1, -0.05) is 39.0 Å². The van der Waals surface area contributed by atoms with Crippen LogP contribution in [0.1, 0.15) is 51.8 Å². The summed E-state index contributed by atoms with van der Waals surface area (Å²) in [5.74, 6) is 0.423. The normalized spacial score (nSPS) is 11.8. The van der Waals surface area contributed by atoms with Gasteiger partial charge >= 0.3 is 0 Å². The lowest BCUT2D eigenvalue weighted by atomic mass is 9.88. The first kappa shape index (κ1) is 16.5. The molecule has 0 amide bonds. The maximum atomic E-state index is 12.1. The van der Waals surface area contributed by atoms with E-state index in [1.807, 2.05) is 24.3 Å². The van der Waals surface area contributed by atoms with Gasteiger partial charge < -0.3 is 4.98 Å². The summed E-state index contributed by atoms with van der Waals surface area (Å²) in [7, 11) is 0. The zero-order valence-corrected chi connectivity index (χ0v) is 14.0. The monoisotopic (exact) mass is 299 g/mol. The molecule has 0 unspecified atom stereocenters. The Bertz CT molecular complexity index is 689. The number of carbonyl (C=O) groups excluding carboxylic acids is 2. The molecule has 118 valence electrons. The van der Waals surface area contributed by atoms with Crippen molar-refractivity contribution in [3.05, 3.63) is 35.5 Å². The second kappa shape index (κ2) is 6.47. The molecule has 2 aromatic rings. The van der Waals surface area contributed by atoms with E-state index in [9.17, 15) is 9.59 Å². The highest BCUT2D eigenvalue weighted by molar-refractivity contribution is 5.90. The number of fused-ring (bicyclic) bond motifs is 1. The SMILES string of the molecule is CC(=O)Cc1c(CCC(=O)CC(C)(C)C)[nH]c2ccccc12. The van der Waals surface area contributed by atoms with Gasteiger partial charge in [0.15, 0.2) is 0 Å². The molecule has 0 saturated carbocycles. The van der Waals surface area contributed by atoms with E-state index in [1.165, 1.54) is 0 Å². The van der Waals surface area contributed by atoms with E-state index in [-0.39, 0.29) is 17.0 Å². The molecule has 1 N–H and O–H groups in total. The van der Waals surface area contributed by atoms with Crippen molar-refractivity contribution in [3.63, 3.8) is 0 Å². The molecule has 1 aromatic heterocycles. The molecule has 0 saturated heterocycles. The number of para-hydroxylation sites is 1. The van der Waals surface area contributed by atoms with E-state index < -0.39 is 0 Å². The van der Waals surface area contributed by atoms with E-state index in [0.717, 1.165) is 22.2 Å². The Kier molecular flexibility index (Phi) is 4.84. The summed E-state index contributed by atoms with van der Waals surface area (Å²) in [4.78, 5) is 27.0. The fourth-order valence-electron chi connectivity index (χ4n) is 2.86. The van der Waals surface area contributed by atoms with Crippen LogP contribution in [0.4, 0.5) is 0 Å². The van der Waals surface area contributed by atoms with Gasteiger partial charge in [0.05, 0.1) is 0 Å². The smallest absolute Gasteiger partial charge is 0.134 e. The number of rotatable bonds is 6. The minimum atomic E-state index is 0.0275. The molecule has 0 atom stereocenters. The first-order valence-electron chi connectivity index (χ1n) is 7.86. The van der Waals surface area contributed by atoms with Crippen molar-refractivity contribution in [1.29, 1.82) is 0 Å². The number of hydrogen-bond acceptors (Lipinski definition) is 2. The first-order valence-corrected chi connectivity index (χ1v) is 7.86. The van der Waals surface area contributed by atoms with Gasteiger partial charge in [-0.2, -0.15) is 0 Å². The average Bonchev–Trinajstić information content (AvgIpc) is 2.72. The number of Topliss-reactive ketones (excluding diaryl/α,β-unsaturated/α-hetero) is 2. The van der Waals surface area contributed by atoms with Gasteiger partial charge in [0.1, 0.15) is 11.6 Å². The molecule has 22 heavy (non-hydrogen) atoms. The third-order valence-electron chi connectivity index (χ3n) is 3.71.